The fourth-order valence-electron chi connectivity index (χ4n) is 3.64. The Kier molecular flexibility index (Phi) is 32.7. The summed E-state index contributed by atoms with van der Waals surface area (Å²) in [5, 5.41) is 34.0. The number of unbranched alkanes of at least 4 members (excludes halogenated alkanes) is 11. The van der Waals surface area contributed by atoms with Crippen LogP contribution in [0.5, 0.6) is 0 Å². The zero-order valence-corrected chi connectivity index (χ0v) is 23.8. The lowest BCUT2D eigenvalue weighted by Gasteiger charge is -2.17. The standard InChI is InChI=1S/C18H34O2.C7H8.C6H15NO3/c1-2-3-4-5-6-7-8-9-10-11-12-13-14-15-16-17-18(19)20;1-7-5-3-2-4-6-7;8-4-1-7(2-5-9)3-6-10/h9-10H,2-8,11-17H2,1H3,(H,19,20);2-6H,1H3;8-10H,1-6H2/b10-9-;;. The van der Waals surface area contributed by atoms with E-state index in [1.54, 1.807) is 4.90 Å². The second-order valence-electron chi connectivity index (χ2n) is 9.40. The summed E-state index contributed by atoms with van der Waals surface area (Å²) < 4.78 is 0. The highest BCUT2D eigenvalue weighted by molar-refractivity contribution is 5.66. The molecule has 6 heteroatoms. The average Bonchev–Trinajstić information content (AvgIpc) is 2.88. The van der Waals surface area contributed by atoms with E-state index in [9.17, 15) is 4.79 Å². The number of benzene rings is 1. The first kappa shape index (κ1) is 37.4. The zero-order chi connectivity index (χ0) is 27.8. The first-order valence-electron chi connectivity index (χ1n) is 14.4. The third-order valence-electron chi connectivity index (χ3n) is 5.84. The highest BCUT2D eigenvalue weighted by Crippen LogP contribution is 2.09. The van der Waals surface area contributed by atoms with Crippen LogP contribution in [0, 0.1) is 6.92 Å². The Hall–Kier alpha value is -1.73. The van der Waals surface area contributed by atoms with E-state index in [1.807, 2.05) is 18.2 Å². The molecule has 1 aromatic rings. The van der Waals surface area contributed by atoms with Gasteiger partial charge in [0.15, 0.2) is 0 Å². The first-order chi connectivity index (χ1) is 18.0. The number of carboxylic acids is 1. The lowest BCUT2D eigenvalue weighted by atomic mass is 10.1. The Morgan fingerprint density at radius 3 is 1.51 bits per heavy atom. The van der Waals surface area contributed by atoms with Gasteiger partial charge in [-0.15, -0.1) is 0 Å². The Labute approximate surface area is 227 Å². The van der Waals surface area contributed by atoms with Gasteiger partial charge >= 0.3 is 5.97 Å². The molecule has 37 heavy (non-hydrogen) atoms. The maximum Gasteiger partial charge on any atom is 0.303 e. The number of aliphatic hydroxyl groups excluding tert-OH is 3. The molecule has 0 radical (unpaired) electrons. The van der Waals surface area contributed by atoms with Gasteiger partial charge in [-0.2, -0.15) is 0 Å². The van der Waals surface area contributed by atoms with E-state index in [0.717, 1.165) is 12.8 Å². The van der Waals surface area contributed by atoms with Crippen LogP contribution in [0.25, 0.3) is 0 Å². The van der Waals surface area contributed by atoms with Crippen LogP contribution < -0.4 is 0 Å². The molecule has 216 valence electrons. The molecular formula is C31H57NO5. The van der Waals surface area contributed by atoms with E-state index in [-0.39, 0.29) is 19.8 Å². The first-order valence-corrected chi connectivity index (χ1v) is 14.4. The number of rotatable bonds is 21. The van der Waals surface area contributed by atoms with Crippen molar-refractivity contribution < 1.29 is 25.2 Å². The van der Waals surface area contributed by atoms with Crippen molar-refractivity contribution in [3.8, 4) is 0 Å². The third kappa shape index (κ3) is 34.3. The summed E-state index contributed by atoms with van der Waals surface area (Å²) in [4.78, 5) is 12.1. The maximum atomic E-state index is 10.3. The van der Waals surface area contributed by atoms with Gasteiger partial charge in [-0.25, -0.2) is 0 Å². The Bertz CT molecular complexity index is 580. The molecule has 4 N–H and O–H groups in total. The lowest BCUT2D eigenvalue weighted by molar-refractivity contribution is -0.137. The van der Waals surface area contributed by atoms with Crippen LogP contribution in [0.15, 0.2) is 42.5 Å². The van der Waals surface area contributed by atoms with Crippen LogP contribution in [0.3, 0.4) is 0 Å². The van der Waals surface area contributed by atoms with E-state index in [0.29, 0.717) is 26.1 Å². The van der Waals surface area contributed by atoms with E-state index in [2.05, 4.69) is 38.1 Å². The second-order valence-corrected chi connectivity index (χ2v) is 9.40. The number of aliphatic carboxylic acids is 1. The van der Waals surface area contributed by atoms with Crippen molar-refractivity contribution in [3.63, 3.8) is 0 Å². The number of nitrogens with zero attached hydrogens (tertiary/aromatic N) is 1. The highest BCUT2D eigenvalue weighted by Gasteiger charge is 2.00. The number of aliphatic hydroxyl groups is 3. The number of hydrogen-bond donors (Lipinski definition) is 4. The number of aryl methyl sites for hydroxylation is 1. The van der Waals surface area contributed by atoms with Gasteiger partial charge in [0, 0.05) is 26.1 Å². The van der Waals surface area contributed by atoms with Crippen molar-refractivity contribution in [1.82, 2.24) is 4.90 Å². The molecular weight excluding hydrogens is 466 g/mol. The van der Waals surface area contributed by atoms with Crippen LogP contribution >= 0.6 is 0 Å². The molecule has 0 aromatic heterocycles. The average molecular weight is 524 g/mol. The van der Waals surface area contributed by atoms with E-state index < -0.39 is 5.97 Å². The maximum absolute atomic E-state index is 10.3. The molecule has 0 spiro atoms. The van der Waals surface area contributed by atoms with Crippen LogP contribution in [0.2, 0.25) is 0 Å². The zero-order valence-electron chi connectivity index (χ0n) is 23.8. The largest absolute Gasteiger partial charge is 0.481 e. The van der Waals surface area contributed by atoms with Crippen molar-refractivity contribution in [2.24, 2.45) is 0 Å². The molecule has 0 bridgehead atoms. The van der Waals surface area contributed by atoms with Crippen LogP contribution in [0.4, 0.5) is 0 Å². The Balaban J connectivity index is 0. The fraction of sp³-hybridized carbons (Fsp3) is 0.710. The molecule has 0 aliphatic carbocycles. The van der Waals surface area contributed by atoms with Crippen molar-refractivity contribution in [3.05, 3.63) is 48.0 Å². The summed E-state index contributed by atoms with van der Waals surface area (Å²) in [6.07, 6.45) is 21.2. The minimum absolute atomic E-state index is 0.0694. The van der Waals surface area contributed by atoms with E-state index in [4.69, 9.17) is 20.4 Å². The van der Waals surface area contributed by atoms with Gasteiger partial charge in [0.2, 0.25) is 0 Å². The minimum atomic E-state index is -0.664. The van der Waals surface area contributed by atoms with Gasteiger partial charge in [-0.3, -0.25) is 9.69 Å². The molecule has 6 nitrogen and oxygen atoms in total. The molecule has 0 saturated heterocycles. The molecule has 0 aliphatic rings. The van der Waals surface area contributed by atoms with Crippen molar-refractivity contribution in [2.75, 3.05) is 39.5 Å². The summed E-state index contributed by atoms with van der Waals surface area (Å²) in [6, 6.07) is 10.3. The summed E-state index contributed by atoms with van der Waals surface area (Å²) in [7, 11) is 0. The van der Waals surface area contributed by atoms with Crippen LogP contribution in [0.1, 0.15) is 102 Å². The smallest absolute Gasteiger partial charge is 0.303 e. The van der Waals surface area contributed by atoms with Crippen LogP contribution in [-0.2, 0) is 4.79 Å². The predicted octanol–water partition coefficient (Wildman–Crippen LogP) is 6.37. The molecule has 0 aliphatic heterocycles. The number of allylic oxidation sites excluding steroid dienone is 2. The molecule has 0 unspecified atom stereocenters. The quantitative estimate of drug-likeness (QED) is 0.110. The monoisotopic (exact) mass is 523 g/mol. The molecule has 0 saturated carbocycles. The Morgan fingerprint density at radius 2 is 1.14 bits per heavy atom. The van der Waals surface area contributed by atoms with Crippen LogP contribution in [-0.4, -0.2) is 70.8 Å². The van der Waals surface area contributed by atoms with E-state index in [1.165, 1.54) is 76.2 Å². The molecule has 0 amide bonds. The topological polar surface area (TPSA) is 101 Å². The van der Waals surface area contributed by atoms with Gasteiger partial charge in [-0.05, 0) is 39.0 Å². The van der Waals surface area contributed by atoms with Gasteiger partial charge in [0.05, 0.1) is 19.8 Å². The fourth-order valence-corrected chi connectivity index (χ4v) is 3.64. The molecule has 0 atom stereocenters. The van der Waals surface area contributed by atoms with Gasteiger partial charge in [0.25, 0.3) is 0 Å². The second kappa shape index (κ2) is 32.3. The van der Waals surface area contributed by atoms with E-state index >= 15 is 0 Å². The summed E-state index contributed by atoms with van der Waals surface area (Å²) in [5.74, 6) is -0.664. The van der Waals surface area contributed by atoms with Gasteiger partial charge in [-0.1, -0.05) is 106 Å². The highest BCUT2D eigenvalue weighted by atomic mass is 16.4. The minimum Gasteiger partial charge on any atom is -0.481 e. The summed E-state index contributed by atoms with van der Waals surface area (Å²) >= 11 is 0. The summed E-state index contributed by atoms with van der Waals surface area (Å²) in [5.41, 5.74) is 1.32. The number of hydrogen-bond acceptors (Lipinski definition) is 5. The third-order valence-corrected chi connectivity index (χ3v) is 5.84. The number of carbonyl (C=O) groups is 1. The molecule has 0 heterocycles. The SMILES string of the molecule is CCCCCCCC/C=C\CCCCCCCC(=O)O.Cc1ccccc1.OCCN(CCO)CCO. The molecule has 0 fully saturated rings. The molecule has 1 aromatic carbocycles. The van der Waals surface area contributed by atoms with Crippen molar-refractivity contribution in [1.29, 1.82) is 0 Å². The summed E-state index contributed by atoms with van der Waals surface area (Å²) in [6.45, 7) is 6.10. The van der Waals surface area contributed by atoms with Gasteiger partial charge < -0.3 is 20.4 Å². The van der Waals surface area contributed by atoms with Crippen molar-refractivity contribution >= 4 is 5.97 Å². The Morgan fingerprint density at radius 1 is 0.703 bits per heavy atom. The lowest BCUT2D eigenvalue weighted by Crippen LogP contribution is -2.32. The van der Waals surface area contributed by atoms with Gasteiger partial charge in [0.1, 0.15) is 0 Å². The molecule has 1 rings (SSSR count). The normalized spacial score (nSPS) is 10.6. The predicted molar refractivity (Wildman–Crippen MR) is 156 cm³/mol. The van der Waals surface area contributed by atoms with Crippen molar-refractivity contribution in [2.45, 2.75) is 104 Å². The number of carboxylic acid groups (broad SMARTS) is 1.